The van der Waals surface area contributed by atoms with Gasteiger partial charge in [0.25, 0.3) is 0 Å². The van der Waals surface area contributed by atoms with E-state index < -0.39 is 5.79 Å². The molecular weight excluding hydrogens is 443 g/mol. The van der Waals surface area contributed by atoms with Crippen LogP contribution in [0.5, 0.6) is 0 Å². The summed E-state index contributed by atoms with van der Waals surface area (Å²) in [5, 5.41) is 25.5. The van der Waals surface area contributed by atoms with Gasteiger partial charge in [0.15, 0.2) is 17.7 Å². The van der Waals surface area contributed by atoms with Crippen molar-refractivity contribution in [2.45, 2.75) is 51.4 Å². The number of hydrogen-bond acceptors (Lipinski definition) is 8. The molecule has 0 radical (unpaired) electrons. The van der Waals surface area contributed by atoms with Crippen LogP contribution in [0, 0.1) is 0 Å². The SMILES string of the molecule is CC(C)(O)O.NCC1CCC(n2ncc3c(NCc4ccccc4Cl)nc(Cl)nc32)O1. The number of nitrogens with two attached hydrogens (primary N) is 1. The number of nitrogens with zero attached hydrogens (tertiary/aromatic N) is 4. The summed E-state index contributed by atoms with van der Waals surface area (Å²) >= 11 is 12.4. The van der Waals surface area contributed by atoms with E-state index in [9.17, 15) is 0 Å². The van der Waals surface area contributed by atoms with E-state index in [-0.39, 0.29) is 17.6 Å². The van der Waals surface area contributed by atoms with Crippen LogP contribution in [0.15, 0.2) is 30.5 Å². The van der Waals surface area contributed by atoms with E-state index in [1.165, 1.54) is 13.8 Å². The minimum atomic E-state index is -1.50. The number of aliphatic hydroxyl groups is 2. The summed E-state index contributed by atoms with van der Waals surface area (Å²) in [7, 11) is 0. The molecule has 2 unspecified atom stereocenters. The van der Waals surface area contributed by atoms with Crippen LogP contribution in [-0.2, 0) is 11.3 Å². The maximum absolute atomic E-state index is 8.08. The first kappa shape index (κ1) is 23.6. The zero-order chi connectivity index (χ0) is 22.6. The quantitative estimate of drug-likeness (QED) is 0.331. The Kier molecular flexibility index (Phi) is 7.68. The van der Waals surface area contributed by atoms with E-state index in [0.717, 1.165) is 23.8 Å². The molecule has 0 spiro atoms. The molecule has 168 valence electrons. The van der Waals surface area contributed by atoms with Gasteiger partial charge in [-0.3, -0.25) is 0 Å². The molecule has 4 rings (SSSR count). The normalized spacial score (nSPS) is 18.7. The van der Waals surface area contributed by atoms with Crippen molar-refractivity contribution in [3.8, 4) is 0 Å². The number of hydrogen-bond donors (Lipinski definition) is 4. The highest BCUT2D eigenvalue weighted by Crippen LogP contribution is 2.31. The van der Waals surface area contributed by atoms with Gasteiger partial charge in [-0.2, -0.15) is 15.1 Å². The van der Waals surface area contributed by atoms with Crippen LogP contribution in [0.3, 0.4) is 0 Å². The van der Waals surface area contributed by atoms with Gasteiger partial charge in [0.2, 0.25) is 5.28 Å². The first-order valence-electron chi connectivity index (χ1n) is 9.84. The molecule has 3 heterocycles. The first-order valence-corrected chi connectivity index (χ1v) is 10.6. The Morgan fingerprint density at radius 1 is 1.23 bits per heavy atom. The molecule has 0 aliphatic carbocycles. The molecule has 0 amide bonds. The van der Waals surface area contributed by atoms with Crippen LogP contribution >= 0.6 is 23.2 Å². The van der Waals surface area contributed by atoms with Crippen molar-refractivity contribution in [1.82, 2.24) is 19.7 Å². The maximum atomic E-state index is 8.08. The first-order chi connectivity index (χ1) is 14.7. The Hall–Kier alpha value is -2.01. The lowest BCUT2D eigenvalue weighted by atomic mass is 10.2. The molecule has 2 aromatic heterocycles. The fraction of sp³-hybridized carbons (Fsp3) is 0.450. The molecule has 1 saturated heterocycles. The van der Waals surface area contributed by atoms with Gasteiger partial charge in [-0.25, -0.2) is 4.68 Å². The predicted molar refractivity (Wildman–Crippen MR) is 120 cm³/mol. The maximum Gasteiger partial charge on any atom is 0.226 e. The molecule has 1 fully saturated rings. The summed E-state index contributed by atoms with van der Waals surface area (Å²) in [6.45, 7) is 3.61. The highest BCUT2D eigenvalue weighted by molar-refractivity contribution is 6.31. The monoisotopic (exact) mass is 468 g/mol. The standard InChI is InChI=1S/C17H18Cl2N6O.C3H8O2/c18-13-4-2-1-3-10(13)8-21-15-12-9-22-25(16(12)24-17(19)23-15)14-6-5-11(7-20)26-14;1-3(2,4)5/h1-4,9,11,14H,5-8,20H2,(H,21,23,24);4-5H,1-2H3. The van der Waals surface area contributed by atoms with Crippen LogP contribution in [0.25, 0.3) is 11.0 Å². The fourth-order valence-electron chi connectivity index (χ4n) is 3.11. The van der Waals surface area contributed by atoms with Gasteiger partial charge in [-0.1, -0.05) is 29.8 Å². The predicted octanol–water partition coefficient (Wildman–Crippen LogP) is 3.09. The number of rotatable bonds is 5. The van der Waals surface area contributed by atoms with Crippen LogP contribution in [0.4, 0.5) is 5.82 Å². The van der Waals surface area contributed by atoms with Crippen LogP contribution in [0.2, 0.25) is 10.3 Å². The van der Waals surface area contributed by atoms with E-state index >= 15 is 0 Å². The van der Waals surface area contributed by atoms with E-state index in [4.69, 9.17) is 43.9 Å². The highest BCUT2D eigenvalue weighted by Gasteiger charge is 2.28. The lowest BCUT2D eigenvalue weighted by molar-refractivity contribution is -0.127. The third kappa shape index (κ3) is 6.49. The van der Waals surface area contributed by atoms with Gasteiger partial charge in [0, 0.05) is 18.1 Å². The van der Waals surface area contributed by atoms with E-state index in [1.54, 1.807) is 10.9 Å². The summed E-state index contributed by atoms with van der Waals surface area (Å²) in [6.07, 6.45) is 3.32. The number of nitrogens with one attached hydrogen (secondary N) is 1. The molecule has 1 aliphatic heterocycles. The number of ether oxygens (including phenoxy) is 1. The topological polar surface area (TPSA) is 131 Å². The average Bonchev–Trinajstić information content (AvgIpc) is 3.32. The number of anilines is 1. The second kappa shape index (κ2) is 10.1. The van der Waals surface area contributed by atoms with E-state index in [0.29, 0.717) is 29.6 Å². The molecule has 3 aromatic rings. The Morgan fingerprint density at radius 3 is 2.58 bits per heavy atom. The van der Waals surface area contributed by atoms with Crippen molar-refractivity contribution in [2.24, 2.45) is 5.73 Å². The number of benzene rings is 1. The van der Waals surface area contributed by atoms with Crippen molar-refractivity contribution in [1.29, 1.82) is 0 Å². The Balaban J connectivity index is 0.000000491. The minimum absolute atomic E-state index is 0.0503. The van der Waals surface area contributed by atoms with Crippen molar-refractivity contribution >= 4 is 40.1 Å². The Bertz CT molecular complexity index is 1020. The van der Waals surface area contributed by atoms with Gasteiger partial charge in [-0.05, 0) is 49.9 Å². The molecule has 11 heteroatoms. The second-order valence-corrected chi connectivity index (χ2v) is 8.38. The van der Waals surface area contributed by atoms with Gasteiger partial charge < -0.3 is 26.0 Å². The molecule has 0 saturated carbocycles. The van der Waals surface area contributed by atoms with Gasteiger partial charge >= 0.3 is 0 Å². The highest BCUT2D eigenvalue weighted by atomic mass is 35.5. The van der Waals surface area contributed by atoms with Gasteiger partial charge in [-0.15, -0.1) is 0 Å². The fourth-order valence-corrected chi connectivity index (χ4v) is 3.47. The van der Waals surface area contributed by atoms with Crippen molar-refractivity contribution in [2.75, 3.05) is 11.9 Å². The summed E-state index contributed by atoms with van der Waals surface area (Å²) in [5.74, 6) is -0.889. The third-order valence-corrected chi connectivity index (χ3v) is 4.99. The lowest BCUT2D eigenvalue weighted by Crippen LogP contribution is -2.20. The molecular formula is C20H26Cl2N6O3. The van der Waals surface area contributed by atoms with Crippen LogP contribution in [-0.4, -0.2) is 48.4 Å². The summed E-state index contributed by atoms with van der Waals surface area (Å²) < 4.78 is 7.67. The van der Waals surface area contributed by atoms with Crippen molar-refractivity contribution < 1.29 is 14.9 Å². The van der Waals surface area contributed by atoms with Crippen LogP contribution in [0.1, 0.15) is 38.5 Å². The van der Waals surface area contributed by atoms with Gasteiger partial charge in [0.1, 0.15) is 5.82 Å². The number of aromatic nitrogens is 4. The van der Waals surface area contributed by atoms with E-state index in [1.807, 2.05) is 24.3 Å². The molecule has 5 N–H and O–H groups in total. The largest absolute Gasteiger partial charge is 0.366 e. The Labute approximate surface area is 190 Å². The summed E-state index contributed by atoms with van der Waals surface area (Å²) in [4.78, 5) is 8.64. The zero-order valence-electron chi connectivity index (χ0n) is 17.3. The smallest absolute Gasteiger partial charge is 0.226 e. The molecule has 1 aliphatic rings. The molecule has 31 heavy (non-hydrogen) atoms. The van der Waals surface area contributed by atoms with E-state index in [2.05, 4.69) is 20.4 Å². The summed E-state index contributed by atoms with van der Waals surface area (Å²) in [6, 6.07) is 7.64. The van der Waals surface area contributed by atoms with Crippen molar-refractivity contribution in [3.63, 3.8) is 0 Å². The number of halogens is 2. The molecule has 0 bridgehead atoms. The average molecular weight is 469 g/mol. The molecule has 9 nitrogen and oxygen atoms in total. The molecule has 1 aromatic carbocycles. The third-order valence-electron chi connectivity index (χ3n) is 4.45. The molecule has 2 atom stereocenters. The zero-order valence-corrected chi connectivity index (χ0v) is 18.8. The summed E-state index contributed by atoms with van der Waals surface area (Å²) in [5.41, 5.74) is 7.30. The number of fused-ring (bicyclic) bond motifs is 1. The van der Waals surface area contributed by atoms with Crippen molar-refractivity contribution in [3.05, 3.63) is 46.3 Å². The minimum Gasteiger partial charge on any atom is -0.366 e. The van der Waals surface area contributed by atoms with Crippen LogP contribution < -0.4 is 11.1 Å². The lowest BCUT2D eigenvalue weighted by Gasteiger charge is -2.14. The van der Waals surface area contributed by atoms with Gasteiger partial charge in [0.05, 0.1) is 17.7 Å². The Morgan fingerprint density at radius 2 is 1.94 bits per heavy atom. The second-order valence-electron chi connectivity index (χ2n) is 7.63.